The first-order chi connectivity index (χ1) is 15.7. The predicted octanol–water partition coefficient (Wildman–Crippen LogP) is 5.61. The van der Waals surface area contributed by atoms with E-state index in [1.807, 2.05) is 60.7 Å². The lowest BCUT2D eigenvalue weighted by Crippen LogP contribution is -2.20. The second-order valence-electron chi connectivity index (χ2n) is 8.19. The lowest BCUT2D eigenvalue weighted by Gasteiger charge is -2.10. The number of imidazole rings is 1. The van der Waals surface area contributed by atoms with Gasteiger partial charge in [0.15, 0.2) is 0 Å². The van der Waals surface area contributed by atoms with Gasteiger partial charge in [-0.15, -0.1) is 0 Å². The molecule has 32 heavy (non-hydrogen) atoms. The van der Waals surface area contributed by atoms with Crippen molar-refractivity contribution < 1.29 is 9.59 Å². The number of hydrogen-bond acceptors (Lipinski definition) is 3. The van der Waals surface area contributed by atoms with Crippen LogP contribution in [0.15, 0.2) is 72.8 Å². The molecule has 1 heterocycles. The first-order valence-corrected chi connectivity index (χ1v) is 10.9. The van der Waals surface area contributed by atoms with E-state index in [1.165, 1.54) is 0 Å². The van der Waals surface area contributed by atoms with Gasteiger partial charge in [0.25, 0.3) is 5.91 Å². The van der Waals surface area contributed by atoms with Crippen LogP contribution in [0.25, 0.3) is 22.4 Å². The molecule has 2 amide bonds. The zero-order chi connectivity index (χ0) is 21.9. The Balaban J connectivity index is 1.30. The molecule has 3 N–H and O–H groups in total. The van der Waals surface area contributed by atoms with E-state index in [9.17, 15) is 9.59 Å². The molecule has 0 bridgehead atoms. The van der Waals surface area contributed by atoms with Crippen LogP contribution in [-0.4, -0.2) is 21.8 Å². The molecule has 0 aliphatic heterocycles. The largest absolute Gasteiger partial charge is 0.338 e. The van der Waals surface area contributed by atoms with E-state index in [-0.39, 0.29) is 17.7 Å². The number of H-pyrrole nitrogens is 1. The smallest absolute Gasteiger partial charge is 0.255 e. The van der Waals surface area contributed by atoms with Gasteiger partial charge in [-0.1, -0.05) is 31.0 Å². The maximum atomic E-state index is 12.4. The van der Waals surface area contributed by atoms with Gasteiger partial charge in [0, 0.05) is 28.4 Å². The topological polar surface area (TPSA) is 86.9 Å². The highest BCUT2D eigenvalue weighted by Gasteiger charge is 2.22. The van der Waals surface area contributed by atoms with E-state index in [0.29, 0.717) is 5.56 Å². The van der Waals surface area contributed by atoms with Crippen molar-refractivity contribution in [1.29, 1.82) is 0 Å². The van der Waals surface area contributed by atoms with Gasteiger partial charge in [0.2, 0.25) is 5.91 Å². The maximum absolute atomic E-state index is 12.4. The van der Waals surface area contributed by atoms with Crippen molar-refractivity contribution in [3.05, 3.63) is 78.4 Å². The quantitative estimate of drug-likeness (QED) is 0.389. The first kappa shape index (κ1) is 20.0. The lowest BCUT2D eigenvalue weighted by atomic mass is 10.1. The average molecular weight is 425 g/mol. The molecule has 1 fully saturated rings. The minimum atomic E-state index is -0.144. The molecule has 160 valence electrons. The van der Waals surface area contributed by atoms with Crippen LogP contribution in [0.3, 0.4) is 0 Å². The summed E-state index contributed by atoms with van der Waals surface area (Å²) in [5, 5.41) is 5.94. The SMILES string of the molecule is O=C(Nc1ccc(-c2nc3ccc(NC(=O)C4CCCC4)cc3[nH]2)cc1)c1ccccc1. The van der Waals surface area contributed by atoms with Crippen LogP contribution in [0.5, 0.6) is 0 Å². The Bertz CT molecular complexity index is 1260. The third kappa shape index (κ3) is 4.25. The van der Waals surface area contributed by atoms with Crippen molar-refractivity contribution in [2.45, 2.75) is 25.7 Å². The number of nitrogens with one attached hydrogen (secondary N) is 3. The molecule has 3 aromatic carbocycles. The number of amides is 2. The summed E-state index contributed by atoms with van der Waals surface area (Å²) in [6.07, 6.45) is 4.22. The number of carbonyl (C=O) groups excluding carboxylic acids is 2. The Kier molecular flexibility index (Phi) is 5.42. The number of rotatable bonds is 5. The number of aromatic nitrogens is 2. The molecule has 1 aliphatic carbocycles. The van der Waals surface area contributed by atoms with E-state index >= 15 is 0 Å². The molecule has 0 atom stereocenters. The second-order valence-corrected chi connectivity index (χ2v) is 8.19. The normalized spacial score (nSPS) is 13.9. The standard InChI is InChI=1S/C26H24N4O2/c31-25(18-6-2-1-3-7-18)27-20-12-10-17(11-13-20)24-29-22-15-14-21(16-23(22)30-24)28-26(32)19-8-4-5-9-19/h1-3,6-7,10-16,19H,4-5,8-9H2,(H,27,31)(H,28,32)(H,29,30). The Labute approximate surface area is 186 Å². The van der Waals surface area contributed by atoms with Crippen LogP contribution < -0.4 is 10.6 Å². The van der Waals surface area contributed by atoms with Gasteiger partial charge < -0.3 is 15.6 Å². The van der Waals surface area contributed by atoms with Crippen LogP contribution in [-0.2, 0) is 4.79 Å². The maximum Gasteiger partial charge on any atom is 0.255 e. The Morgan fingerprint density at radius 2 is 1.56 bits per heavy atom. The van der Waals surface area contributed by atoms with Gasteiger partial charge in [0.05, 0.1) is 11.0 Å². The van der Waals surface area contributed by atoms with Crippen molar-refractivity contribution in [2.24, 2.45) is 5.92 Å². The Morgan fingerprint density at radius 3 is 2.31 bits per heavy atom. The van der Waals surface area contributed by atoms with Crippen LogP contribution in [0.4, 0.5) is 11.4 Å². The van der Waals surface area contributed by atoms with Crippen molar-refractivity contribution >= 4 is 34.2 Å². The molecule has 0 spiro atoms. The molecular formula is C26H24N4O2. The molecule has 6 nitrogen and oxygen atoms in total. The summed E-state index contributed by atoms with van der Waals surface area (Å²) in [5.41, 5.74) is 4.73. The van der Waals surface area contributed by atoms with Crippen LogP contribution in [0, 0.1) is 5.92 Å². The van der Waals surface area contributed by atoms with Crippen molar-refractivity contribution in [2.75, 3.05) is 10.6 Å². The van der Waals surface area contributed by atoms with Crippen LogP contribution >= 0.6 is 0 Å². The lowest BCUT2D eigenvalue weighted by molar-refractivity contribution is -0.119. The number of benzene rings is 3. The van der Waals surface area contributed by atoms with E-state index in [1.54, 1.807) is 12.1 Å². The molecule has 1 aliphatic rings. The van der Waals surface area contributed by atoms with Gasteiger partial charge in [-0.05, 0) is 67.4 Å². The van der Waals surface area contributed by atoms with Gasteiger partial charge in [0.1, 0.15) is 5.82 Å². The van der Waals surface area contributed by atoms with Gasteiger partial charge in [-0.2, -0.15) is 0 Å². The molecule has 0 radical (unpaired) electrons. The molecule has 1 aromatic heterocycles. The third-order valence-corrected chi connectivity index (χ3v) is 5.93. The summed E-state index contributed by atoms with van der Waals surface area (Å²) in [7, 11) is 0. The van der Waals surface area contributed by atoms with Crippen molar-refractivity contribution in [3.63, 3.8) is 0 Å². The summed E-state index contributed by atoms with van der Waals surface area (Å²) in [6, 6.07) is 22.4. The van der Waals surface area contributed by atoms with E-state index in [2.05, 4.69) is 20.6 Å². The third-order valence-electron chi connectivity index (χ3n) is 5.93. The van der Waals surface area contributed by atoms with Gasteiger partial charge in [-0.25, -0.2) is 4.98 Å². The second kappa shape index (κ2) is 8.67. The highest BCUT2D eigenvalue weighted by atomic mass is 16.2. The highest BCUT2D eigenvalue weighted by molar-refractivity contribution is 6.04. The first-order valence-electron chi connectivity index (χ1n) is 10.9. The number of fused-ring (bicyclic) bond motifs is 1. The zero-order valence-corrected chi connectivity index (χ0v) is 17.6. The fraction of sp³-hybridized carbons (Fsp3) is 0.192. The van der Waals surface area contributed by atoms with E-state index in [4.69, 9.17) is 0 Å². The Morgan fingerprint density at radius 1 is 0.844 bits per heavy atom. The minimum Gasteiger partial charge on any atom is -0.338 e. The van der Waals surface area contributed by atoms with E-state index in [0.717, 1.165) is 59.5 Å². The average Bonchev–Trinajstić information content (AvgIpc) is 3.50. The molecule has 6 heteroatoms. The van der Waals surface area contributed by atoms with Crippen molar-refractivity contribution in [1.82, 2.24) is 9.97 Å². The number of carbonyl (C=O) groups is 2. The van der Waals surface area contributed by atoms with E-state index < -0.39 is 0 Å². The predicted molar refractivity (Wildman–Crippen MR) is 127 cm³/mol. The molecule has 5 rings (SSSR count). The van der Waals surface area contributed by atoms with Crippen LogP contribution in [0.2, 0.25) is 0 Å². The molecule has 0 unspecified atom stereocenters. The summed E-state index contributed by atoms with van der Waals surface area (Å²) in [6.45, 7) is 0. The number of aromatic amines is 1. The number of anilines is 2. The number of hydrogen-bond donors (Lipinski definition) is 3. The Hall–Kier alpha value is -3.93. The summed E-state index contributed by atoms with van der Waals surface area (Å²) in [5.74, 6) is 0.827. The van der Waals surface area contributed by atoms with Gasteiger partial charge >= 0.3 is 0 Å². The van der Waals surface area contributed by atoms with Gasteiger partial charge in [-0.3, -0.25) is 9.59 Å². The molecular weight excluding hydrogens is 400 g/mol. The molecule has 4 aromatic rings. The fourth-order valence-electron chi connectivity index (χ4n) is 4.16. The zero-order valence-electron chi connectivity index (χ0n) is 17.6. The van der Waals surface area contributed by atoms with Crippen molar-refractivity contribution in [3.8, 4) is 11.4 Å². The molecule has 1 saturated carbocycles. The summed E-state index contributed by atoms with van der Waals surface area (Å²) in [4.78, 5) is 32.7. The summed E-state index contributed by atoms with van der Waals surface area (Å²) >= 11 is 0. The highest BCUT2D eigenvalue weighted by Crippen LogP contribution is 2.28. The molecule has 0 saturated heterocycles. The van der Waals surface area contributed by atoms with Crippen LogP contribution in [0.1, 0.15) is 36.0 Å². The number of nitrogens with zero attached hydrogens (tertiary/aromatic N) is 1. The minimum absolute atomic E-state index is 0.106. The monoisotopic (exact) mass is 424 g/mol. The fourth-order valence-corrected chi connectivity index (χ4v) is 4.16. The summed E-state index contributed by atoms with van der Waals surface area (Å²) < 4.78 is 0.